The van der Waals surface area contributed by atoms with Crippen LogP contribution in [-0.2, 0) is 65.4 Å². The van der Waals surface area contributed by atoms with E-state index < -0.39 is 97.5 Å². The standard InChI is InChI=1S/C81H142O17P2/c1-5-9-13-17-21-25-29-33-37-41-45-49-53-57-61-65-78(83)91-71-76(97-80(85)67-63-59-55-51-47-43-39-35-31-27-23-19-15-11-7-3)73-95-99(87,88)93-69-75(82)70-94-100(89,90)96-74-77(98-81(86)68-64-60-56-52-48-44-40-36-32-28-24-20-16-12-8-4)72-92-79(84)66-62-58-54-50-46-42-38-34-30-26-22-18-14-10-6-2/h9,13,21-22,25-26,33-40,45,49,75-77,82H,5-8,10-12,14-20,23-24,27-32,41-44,46-48,50-74H2,1-4H3,(H,87,88)(H,89,90)/b13-9-,25-21-,26-22-,37-33-,38-34-,39-35-,40-36-,49-45-. The van der Waals surface area contributed by atoms with Crippen molar-refractivity contribution >= 4 is 39.5 Å². The number of hydrogen-bond acceptors (Lipinski definition) is 15. The van der Waals surface area contributed by atoms with Gasteiger partial charge in [0.05, 0.1) is 26.4 Å². The van der Waals surface area contributed by atoms with Crippen molar-refractivity contribution in [2.75, 3.05) is 39.6 Å². The van der Waals surface area contributed by atoms with Gasteiger partial charge in [-0.25, -0.2) is 9.13 Å². The number of rotatable bonds is 74. The van der Waals surface area contributed by atoms with E-state index in [-0.39, 0.29) is 25.7 Å². The normalized spacial score (nSPS) is 14.4. The highest BCUT2D eigenvalue weighted by atomic mass is 31.2. The van der Waals surface area contributed by atoms with E-state index in [0.29, 0.717) is 25.7 Å². The highest BCUT2D eigenvalue weighted by Gasteiger charge is 2.30. The average molecular weight is 1450 g/mol. The molecule has 0 amide bonds. The molecule has 3 N–H and O–H groups in total. The number of phosphoric ester groups is 2. The first-order valence-corrected chi connectivity index (χ1v) is 42.5. The van der Waals surface area contributed by atoms with Crippen LogP contribution in [0.25, 0.3) is 0 Å². The lowest BCUT2D eigenvalue weighted by Gasteiger charge is -2.21. The van der Waals surface area contributed by atoms with Gasteiger partial charge in [-0.05, 0) is 148 Å². The van der Waals surface area contributed by atoms with Crippen LogP contribution in [0.3, 0.4) is 0 Å². The van der Waals surface area contributed by atoms with Crippen LogP contribution in [0.4, 0.5) is 0 Å². The molecule has 100 heavy (non-hydrogen) atoms. The van der Waals surface area contributed by atoms with Gasteiger partial charge in [-0.3, -0.25) is 37.3 Å². The van der Waals surface area contributed by atoms with Crippen molar-refractivity contribution in [2.45, 2.75) is 354 Å². The topological polar surface area (TPSA) is 237 Å². The summed E-state index contributed by atoms with van der Waals surface area (Å²) < 4.78 is 68.5. The third-order valence-electron chi connectivity index (χ3n) is 16.5. The molecule has 0 heterocycles. The highest BCUT2D eigenvalue weighted by molar-refractivity contribution is 7.47. The molecule has 17 nitrogen and oxygen atoms in total. The molecule has 0 fully saturated rings. The Hall–Kier alpha value is -4.02. The van der Waals surface area contributed by atoms with Crippen LogP contribution in [0.1, 0.15) is 336 Å². The Morgan fingerprint density at radius 2 is 0.520 bits per heavy atom. The first-order chi connectivity index (χ1) is 48.7. The molecule has 0 saturated carbocycles. The number of ether oxygens (including phenoxy) is 4. The zero-order valence-corrected chi connectivity index (χ0v) is 64.9. The molecule has 5 atom stereocenters. The van der Waals surface area contributed by atoms with E-state index in [4.69, 9.17) is 37.0 Å². The zero-order valence-electron chi connectivity index (χ0n) is 63.1. The second kappa shape index (κ2) is 73.3. The Morgan fingerprint density at radius 1 is 0.290 bits per heavy atom. The third kappa shape index (κ3) is 72.3. The predicted molar refractivity (Wildman–Crippen MR) is 409 cm³/mol. The maximum Gasteiger partial charge on any atom is 0.472 e. The first-order valence-electron chi connectivity index (χ1n) is 39.5. The second-order valence-corrected chi connectivity index (χ2v) is 29.2. The number of allylic oxidation sites excluding steroid dienone is 16. The van der Waals surface area contributed by atoms with Crippen LogP contribution in [0.15, 0.2) is 97.2 Å². The number of unbranched alkanes of at least 4 members (excludes halogenated alkanes) is 32. The minimum absolute atomic E-state index is 0.0758. The van der Waals surface area contributed by atoms with E-state index >= 15 is 0 Å². The van der Waals surface area contributed by atoms with E-state index in [9.17, 15) is 43.2 Å². The number of carbonyl (C=O) groups excluding carboxylic acids is 4. The number of aliphatic hydroxyl groups excluding tert-OH is 1. The zero-order chi connectivity index (χ0) is 73.2. The van der Waals surface area contributed by atoms with E-state index in [1.54, 1.807) is 0 Å². The van der Waals surface area contributed by atoms with Crippen LogP contribution in [0, 0.1) is 0 Å². The first kappa shape index (κ1) is 96.0. The molecule has 0 saturated heterocycles. The maximum absolute atomic E-state index is 13.1. The predicted octanol–water partition coefficient (Wildman–Crippen LogP) is 22.8. The summed E-state index contributed by atoms with van der Waals surface area (Å²) >= 11 is 0. The van der Waals surface area contributed by atoms with E-state index in [1.807, 2.05) is 0 Å². The molecule has 0 aromatic rings. The summed E-state index contributed by atoms with van der Waals surface area (Å²) in [7, 11) is -9.97. The molecule has 0 aliphatic rings. The molecule has 0 spiro atoms. The molecule has 0 aliphatic heterocycles. The molecular formula is C81H142O17P2. The lowest BCUT2D eigenvalue weighted by Crippen LogP contribution is -2.30. The monoisotopic (exact) mass is 1450 g/mol. The highest BCUT2D eigenvalue weighted by Crippen LogP contribution is 2.45. The summed E-state index contributed by atoms with van der Waals surface area (Å²) in [5.74, 6) is -2.24. The van der Waals surface area contributed by atoms with Crippen LogP contribution in [-0.4, -0.2) is 96.7 Å². The Labute approximate surface area is 607 Å². The average Bonchev–Trinajstić information content (AvgIpc) is 1.01. The number of hydrogen-bond donors (Lipinski definition) is 3. The van der Waals surface area contributed by atoms with Crippen LogP contribution < -0.4 is 0 Å². The number of aliphatic hydroxyl groups is 1. The van der Waals surface area contributed by atoms with E-state index in [0.717, 1.165) is 161 Å². The van der Waals surface area contributed by atoms with Crippen molar-refractivity contribution < 1.29 is 80.2 Å². The lowest BCUT2D eigenvalue weighted by atomic mass is 10.1. The summed E-state index contributed by atoms with van der Waals surface area (Å²) in [5.41, 5.74) is 0. The van der Waals surface area contributed by atoms with Crippen LogP contribution in [0.5, 0.6) is 0 Å². The van der Waals surface area contributed by atoms with Crippen molar-refractivity contribution in [3.63, 3.8) is 0 Å². The van der Waals surface area contributed by atoms with Crippen molar-refractivity contribution in [3.8, 4) is 0 Å². The second-order valence-electron chi connectivity index (χ2n) is 26.3. The summed E-state index contributed by atoms with van der Waals surface area (Å²) in [5, 5.41) is 10.6. The Balaban J connectivity index is 5.40. The van der Waals surface area contributed by atoms with Crippen molar-refractivity contribution in [1.29, 1.82) is 0 Å². The number of phosphoric acid groups is 2. The van der Waals surface area contributed by atoms with Gasteiger partial charge in [0.2, 0.25) is 0 Å². The van der Waals surface area contributed by atoms with Gasteiger partial charge in [-0.15, -0.1) is 0 Å². The van der Waals surface area contributed by atoms with Gasteiger partial charge < -0.3 is 33.8 Å². The van der Waals surface area contributed by atoms with Gasteiger partial charge in [0.15, 0.2) is 12.2 Å². The fourth-order valence-corrected chi connectivity index (χ4v) is 12.0. The molecule has 0 radical (unpaired) electrons. The SMILES string of the molecule is CC/C=C\C/C=C\C/C=C\C/C=C\CCCCC(=O)OCC(COP(=O)(O)OCC(O)COP(=O)(O)OCC(COC(=O)CCCCCCC/C=C\C/C=C\CCCCC)OC(=O)CCCCCCC/C=C\CCCCCCCC)OC(=O)CCCCCCC/C=C\CCCCCCCC. The fourth-order valence-electron chi connectivity index (χ4n) is 10.5. The Bertz CT molecular complexity index is 2270. The Kier molecular flexibility index (Phi) is 70.4. The molecular weight excluding hydrogens is 1310 g/mol. The summed E-state index contributed by atoms with van der Waals surface area (Å²) in [4.78, 5) is 72.9. The summed E-state index contributed by atoms with van der Waals surface area (Å²) in [6.07, 6.45) is 76.7. The minimum atomic E-state index is -4.99. The largest absolute Gasteiger partial charge is 0.472 e. The Morgan fingerprint density at radius 3 is 0.850 bits per heavy atom. The van der Waals surface area contributed by atoms with E-state index in [2.05, 4.69) is 125 Å². The van der Waals surface area contributed by atoms with Crippen molar-refractivity contribution in [2.24, 2.45) is 0 Å². The maximum atomic E-state index is 13.1. The van der Waals surface area contributed by atoms with Crippen molar-refractivity contribution in [1.82, 2.24) is 0 Å². The summed E-state index contributed by atoms with van der Waals surface area (Å²) in [6.45, 7) is 4.67. The third-order valence-corrected chi connectivity index (χ3v) is 18.4. The van der Waals surface area contributed by atoms with Crippen LogP contribution in [0.2, 0.25) is 0 Å². The number of carbonyl (C=O) groups is 4. The van der Waals surface area contributed by atoms with Gasteiger partial charge in [-0.2, -0.15) is 0 Å². The quantitative estimate of drug-likeness (QED) is 0.0169. The van der Waals surface area contributed by atoms with Gasteiger partial charge >= 0.3 is 39.5 Å². The lowest BCUT2D eigenvalue weighted by molar-refractivity contribution is -0.161. The van der Waals surface area contributed by atoms with Gasteiger partial charge in [0, 0.05) is 25.7 Å². The minimum Gasteiger partial charge on any atom is -0.462 e. The molecule has 5 unspecified atom stereocenters. The van der Waals surface area contributed by atoms with Gasteiger partial charge in [0.25, 0.3) is 0 Å². The molecule has 0 aromatic carbocycles. The number of esters is 4. The molecule has 19 heteroatoms. The van der Waals surface area contributed by atoms with Gasteiger partial charge in [0.1, 0.15) is 19.3 Å². The fraction of sp³-hybridized carbons (Fsp3) is 0.753. The summed E-state index contributed by atoms with van der Waals surface area (Å²) in [6, 6.07) is 0. The van der Waals surface area contributed by atoms with E-state index in [1.165, 1.54) is 96.3 Å². The molecule has 0 rings (SSSR count). The van der Waals surface area contributed by atoms with Crippen LogP contribution >= 0.6 is 15.6 Å². The van der Waals surface area contributed by atoms with Gasteiger partial charge in [-0.1, -0.05) is 260 Å². The molecule has 0 aromatic heterocycles. The molecule has 578 valence electrons. The molecule has 0 bridgehead atoms. The van der Waals surface area contributed by atoms with Crippen molar-refractivity contribution in [3.05, 3.63) is 97.2 Å². The molecule has 0 aliphatic carbocycles. The smallest absolute Gasteiger partial charge is 0.462 e.